The van der Waals surface area contributed by atoms with Gasteiger partial charge in [-0.2, -0.15) is 13.2 Å². The average molecular weight is 467 g/mol. The van der Waals surface area contributed by atoms with Crippen LogP contribution in [0.2, 0.25) is 0 Å². The molecule has 1 aromatic carbocycles. The molecule has 0 saturated carbocycles. The zero-order valence-corrected chi connectivity index (χ0v) is 17.8. The van der Waals surface area contributed by atoms with Crippen LogP contribution in [0.3, 0.4) is 0 Å². The van der Waals surface area contributed by atoms with Crippen LogP contribution in [0.25, 0.3) is 5.69 Å². The normalized spacial score (nSPS) is 15.8. The van der Waals surface area contributed by atoms with Gasteiger partial charge in [-0.05, 0) is 67.6 Å². The Balaban J connectivity index is 1.39. The number of aromatic nitrogens is 3. The van der Waals surface area contributed by atoms with E-state index in [0.29, 0.717) is 4.68 Å². The lowest BCUT2D eigenvalue weighted by molar-refractivity contribution is -0.143. The van der Waals surface area contributed by atoms with E-state index in [0.717, 1.165) is 56.7 Å². The molecule has 6 nitrogen and oxygen atoms in total. The third kappa shape index (κ3) is 5.16. The highest BCUT2D eigenvalue weighted by atomic mass is 32.1. The van der Waals surface area contributed by atoms with Crippen molar-refractivity contribution in [3.05, 3.63) is 63.9 Å². The number of alkyl halides is 3. The number of amides is 1. The highest BCUT2D eigenvalue weighted by molar-refractivity contribution is 7.09. The lowest BCUT2D eigenvalue weighted by atomic mass is 9.96. The van der Waals surface area contributed by atoms with Crippen molar-refractivity contribution in [2.24, 2.45) is 5.92 Å². The van der Waals surface area contributed by atoms with Gasteiger partial charge in [0.15, 0.2) is 11.4 Å². The lowest BCUT2D eigenvalue weighted by Crippen LogP contribution is -2.38. The van der Waals surface area contributed by atoms with E-state index in [1.165, 1.54) is 4.88 Å². The van der Waals surface area contributed by atoms with Crippen molar-refractivity contribution < 1.29 is 22.4 Å². The van der Waals surface area contributed by atoms with Crippen molar-refractivity contribution in [3.63, 3.8) is 0 Å². The molecule has 32 heavy (non-hydrogen) atoms. The van der Waals surface area contributed by atoms with Crippen molar-refractivity contribution >= 4 is 17.2 Å². The Labute approximate surface area is 185 Å². The predicted octanol–water partition coefficient (Wildman–Crippen LogP) is 4.13. The van der Waals surface area contributed by atoms with Gasteiger partial charge >= 0.3 is 6.18 Å². The number of nitrogens with one attached hydrogen (secondary N) is 1. The van der Waals surface area contributed by atoms with Gasteiger partial charge in [0.25, 0.3) is 5.91 Å². The molecule has 1 N–H and O–H groups in total. The van der Waals surface area contributed by atoms with Crippen molar-refractivity contribution in [1.29, 1.82) is 0 Å². The minimum absolute atomic E-state index is 0.0385. The van der Waals surface area contributed by atoms with E-state index >= 15 is 0 Å². The van der Waals surface area contributed by atoms with Crippen LogP contribution >= 0.6 is 11.3 Å². The molecule has 1 aliphatic rings. The Hall–Kier alpha value is -2.79. The maximum absolute atomic E-state index is 13.7. The number of likely N-dealkylation sites (tertiary alicyclic amines) is 1. The summed E-state index contributed by atoms with van der Waals surface area (Å²) in [7, 11) is 0. The summed E-state index contributed by atoms with van der Waals surface area (Å²) in [4.78, 5) is 16.2. The molecule has 0 atom stereocenters. The number of carbonyl (C=O) groups is 1. The number of halogens is 4. The summed E-state index contributed by atoms with van der Waals surface area (Å²) in [5.74, 6) is -1.34. The summed E-state index contributed by atoms with van der Waals surface area (Å²) >= 11 is 1.71. The van der Waals surface area contributed by atoms with Crippen LogP contribution in [0, 0.1) is 11.7 Å². The molecule has 0 aliphatic carbocycles. The molecule has 2 aromatic heterocycles. The van der Waals surface area contributed by atoms with Crippen molar-refractivity contribution in [3.8, 4) is 5.69 Å². The molecular weight excluding hydrogens is 446 g/mol. The van der Waals surface area contributed by atoms with E-state index in [1.807, 2.05) is 11.4 Å². The fourth-order valence-corrected chi connectivity index (χ4v) is 4.49. The summed E-state index contributed by atoms with van der Waals surface area (Å²) in [6.45, 7) is 2.89. The first-order valence-corrected chi connectivity index (χ1v) is 11.0. The van der Waals surface area contributed by atoms with Gasteiger partial charge in [-0.25, -0.2) is 9.07 Å². The van der Waals surface area contributed by atoms with E-state index in [9.17, 15) is 22.4 Å². The fraction of sp³-hybridized carbons (Fsp3) is 0.381. The smallest absolute Gasteiger partial charge is 0.350 e. The maximum atomic E-state index is 13.7. The Morgan fingerprint density at radius 1 is 1.16 bits per heavy atom. The second-order valence-electron chi connectivity index (χ2n) is 7.68. The zero-order valence-electron chi connectivity index (χ0n) is 17.0. The highest BCUT2D eigenvalue weighted by Crippen LogP contribution is 2.33. The SMILES string of the molecule is O=C(NCC1CCN(Cc2cccs2)CC1)c1nnn(-c2ccc(F)cc2)c1C(F)(F)F. The van der Waals surface area contributed by atoms with Crippen molar-refractivity contribution in [2.75, 3.05) is 19.6 Å². The molecule has 1 saturated heterocycles. The molecule has 4 rings (SSSR count). The molecule has 3 heterocycles. The molecule has 0 spiro atoms. The van der Waals surface area contributed by atoms with Crippen molar-refractivity contribution in [2.45, 2.75) is 25.6 Å². The van der Waals surface area contributed by atoms with Gasteiger partial charge < -0.3 is 5.32 Å². The van der Waals surface area contributed by atoms with Crippen LogP contribution in [-0.2, 0) is 12.7 Å². The maximum Gasteiger partial charge on any atom is 0.435 e. The van der Waals surface area contributed by atoms with E-state index in [4.69, 9.17) is 0 Å². The fourth-order valence-electron chi connectivity index (χ4n) is 3.74. The average Bonchev–Trinajstić information content (AvgIpc) is 3.43. The Kier molecular flexibility index (Phi) is 6.56. The van der Waals surface area contributed by atoms with Crippen molar-refractivity contribution in [1.82, 2.24) is 25.2 Å². The molecule has 0 unspecified atom stereocenters. The number of thiophene rings is 1. The van der Waals surface area contributed by atoms with Gasteiger partial charge in [-0.15, -0.1) is 16.4 Å². The predicted molar refractivity (Wildman–Crippen MR) is 111 cm³/mol. The number of carbonyl (C=O) groups excluding carboxylic acids is 1. The largest absolute Gasteiger partial charge is 0.435 e. The molecule has 1 aliphatic heterocycles. The molecule has 0 radical (unpaired) electrons. The van der Waals surface area contributed by atoms with E-state index in [2.05, 4.69) is 26.6 Å². The lowest BCUT2D eigenvalue weighted by Gasteiger charge is -2.31. The third-order valence-electron chi connectivity index (χ3n) is 5.44. The summed E-state index contributed by atoms with van der Waals surface area (Å²) in [6, 6.07) is 8.43. The molecule has 11 heteroatoms. The van der Waals surface area contributed by atoms with Gasteiger partial charge in [-0.1, -0.05) is 11.3 Å². The van der Waals surface area contributed by atoms with E-state index in [-0.39, 0.29) is 18.2 Å². The molecular formula is C21H21F4N5OS. The number of rotatable bonds is 6. The number of hydrogen-bond acceptors (Lipinski definition) is 5. The number of nitrogens with zero attached hydrogens (tertiary/aromatic N) is 4. The zero-order chi connectivity index (χ0) is 22.7. The van der Waals surface area contributed by atoms with Crippen LogP contribution < -0.4 is 5.32 Å². The first-order chi connectivity index (χ1) is 15.3. The number of benzene rings is 1. The standard InChI is InChI=1S/C21H21F4N5OS/c22-15-3-5-16(6-4-15)30-19(21(23,24)25)18(27-28-30)20(31)26-12-14-7-9-29(10-8-14)13-17-2-1-11-32-17/h1-6,11,14H,7-10,12-13H2,(H,26,31). The Morgan fingerprint density at radius 3 is 2.50 bits per heavy atom. The molecule has 170 valence electrons. The number of piperidine rings is 1. The molecule has 1 amide bonds. The highest BCUT2D eigenvalue weighted by Gasteiger charge is 2.42. The van der Waals surface area contributed by atoms with Crippen LogP contribution in [-0.4, -0.2) is 45.4 Å². The first kappa shape index (κ1) is 22.4. The quantitative estimate of drug-likeness (QED) is 0.554. The van der Waals surface area contributed by atoms with Gasteiger partial charge in [-0.3, -0.25) is 9.69 Å². The van der Waals surface area contributed by atoms with Gasteiger partial charge in [0, 0.05) is 18.0 Å². The third-order valence-corrected chi connectivity index (χ3v) is 6.30. The Bertz CT molecular complexity index is 1040. The van der Waals surface area contributed by atoms with E-state index < -0.39 is 29.3 Å². The van der Waals surface area contributed by atoms with Crippen LogP contribution in [0.1, 0.15) is 33.9 Å². The number of hydrogen-bond donors (Lipinski definition) is 1. The summed E-state index contributed by atoms with van der Waals surface area (Å²) in [6.07, 6.45) is -3.17. The van der Waals surface area contributed by atoms with Gasteiger partial charge in [0.1, 0.15) is 5.82 Å². The van der Waals surface area contributed by atoms with Crippen LogP contribution in [0.4, 0.5) is 17.6 Å². The monoisotopic (exact) mass is 467 g/mol. The first-order valence-electron chi connectivity index (χ1n) is 10.1. The summed E-state index contributed by atoms with van der Waals surface area (Å²) in [5.41, 5.74) is -2.12. The minimum Gasteiger partial charge on any atom is -0.350 e. The van der Waals surface area contributed by atoms with Gasteiger partial charge in [0.05, 0.1) is 5.69 Å². The van der Waals surface area contributed by atoms with Crippen LogP contribution in [0.5, 0.6) is 0 Å². The second kappa shape index (κ2) is 9.37. The Morgan fingerprint density at radius 2 is 1.88 bits per heavy atom. The molecule has 1 fully saturated rings. The molecule has 0 bridgehead atoms. The second-order valence-corrected chi connectivity index (χ2v) is 8.71. The van der Waals surface area contributed by atoms with Crippen LogP contribution in [0.15, 0.2) is 41.8 Å². The van der Waals surface area contributed by atoms with Gasteiger partial charge in [0.2, 0.25) is 0 Å². The topological polar surface area (TPSA) is 63.1 Å². The van der Waals surface area contributed by atoms with E-state index in [1.54, 1.807) is 11.3 Å². The summed E-state index contributed by atoms with van der Waals surface area (Å²) in [5, 5.41) is 11.6. The minimum atomic E-state index is -4.86. The molecule has 3 aromatic rings. The summed E-state index contributed by atoms with van der Waals surface area (Å²) < 4.78 is 54.7.